The van der Waals surface area contributed by atoms with E-state index in [2.05, 4.69) is 9.97 Å². The van der Waals surface area contributed by atoms with Crippen LogP contribution < -0.4 is 11.2 Å². The molecule has 3 aromatic rings. The number of benzene rings is 1. The maximum Gasteiger partial charge on any atom is 0.325 e. The Balaban J connectivity index is 0.000000148. The Morgan fingerprint density at radius 2 is 1.79 bits per heavy atom. The summed E-state index contributed by atoms with van der Waals surface area (Å²) >= 11 is 0. The minimum Gasteiger partial charge on any atom is -0.360 e. The average molecular weight is 257 g/mol. The molecule has 0 bridgehead atoms. The number of carbonyl (C=O) groups is 1. The molecule has 0 saturated carbocycles. The summed E-state index contributed by atoms with van der Waals surface area (Å²) in [7, 11) is 0. The van der Waals surface area contributed by atoms with Crippen LogP contribution in [0.1, 0.15) is 10.4 Å². The molecule has 0 saturated heterocycles. The molecule has 6 nitrogen and oxygen atoms in total. The third-order valence-electron chi connectivity index (χ3n) is 2.43. The van der Waals surface area contributed by atoms with Crippen LogP contribution >= 0.6 is 0 Å². The maximum atomic E-state index is 10.5. The third-order valence-corrected chi connectivity index (χ3v) is 2.43. The second kappa shape index (κ2) is 5.63. The van der Waals surface area contributed by atoms with Gasteiger partial charge in [-0.15, -0.1) is 0 Å². The summed E-state index contributed by atoms with van der Waals surface area (Å²) in [5.74, 6) is 0. The van der Waals surface area contributed by atoms with Crippen LogP contribution in [0.2, 0.25) is 0 Å². The van der Waals surface area contributed by atoms with Gasteiger partial charge >= 0.3 is 5.69 Å². The first kappa shape index (κ1) is 12.6. The average Bonchev–Trinajstić information content (AvgIpc) is 2.82. The maximum absolute atomic E-state index is 10.5. The van der Waals surface area contributed by atoms with Crippen molar-refractivity contribution in [1.29, 1.82) is 0 Å². The number of aldehydes is 1. The van der Waals surface area contributed by atoms with Crippen molar-refractivity contribution < 1.29 is 4.79 Å². The van der Waals surface area contributed by atoms with Crippen molar-refractivity contribution in [3.8, 4) is 0 Å². The molecule has 2 heterocycles. The van der Waals surface area contributed by atoms with Gasteiger partial charge in [-0.05, 0) is 6.07 Å². The predicted molar refractivity (Wildman–Crippen MR) is 71.4 cm³/mol. The quantitative estimate of drug-likeness (QED) is 0.568. The van der Waals surface area contributed by atoms with Crippen molar-refractivity contribution in [1.82, 2.24) is 15.0 Å². The van der Waals surface area contributed by atoms with Crippen molar-refractivity contribution in [3.63, 3.8) is 0 Å². The van der Waals surface area contributed by atoms with Crippen molar-refractivity contribution >= 4 is 17.2 Å². The molecule has 0 aliphatic heterocycles. The molecular formula is C13H11N3O3. The lowest BCUT2D eigenvalue weighted by atomic mass is 10.2. The van der Waals surface area contributed by atoms with E-state index in [1.165, 1.54) is 12.3 Å². The highest BCUT2D eigenvalue weighted by Crippen LogP contribution is 2.14. The Labute approximate surface area is 107 Å². The second-order valence-corrected chi connectivity index (χ2v) is 3.70. The van der Waals surface area contributed by atoms with Gasteiger partial charge in [-0.2, -0.15) is 0 Å². The van der Waals surface area contributed by atoms with Gasteiger partial charge in [0.05, 0.1) is 0 Å². The van der Waals surface area contributed by atoms with Gasteiger partial charge in [-0.3, -0.25) is 14.6 Å². The van der Waals surface area contributed by atoms with Crippen LogP contribution in [0, 0.1) is 0 Å². The highest BCUT2D eigenvalue weighted by atomic mass is 16.2. The molecule has 0 amide bonds. The molecule has 2 aromatic heterocycles. The molecule has 0 radical (unpaired) electrons. The monoisotopic (exact) mass is 257 g/mol. The van der Waals surface area contributed by atoms with Crippen molar-refractivity contribution in [2.75, 3.05) is 0 Å². The lowest BCUT2D eigenvalue weighted by Crippen LogP contribution is -2.19. The topological polar surface area (TPSA) is 98.6 Å². The largest absolute Gasteiger partial charge is 0.360 e. The van der Waals surface area contributed by atoms with Crippen LogP contribution in [0.25, 0.3) is 10.9 Å². The van der Waals surface area contributed by atoms with Gasteiger partial charge in [0, 0.05) is 34.9 Å². The zero-order chi connectivity index (χ0) is 13.7. The summed E-state index contributed by atoms with van der Waals surface area (Å²) < 4.78 is 0. The summed E-state index contributed by atoms with van der Waals surface area (Å²) in [6, 6.07) is 8.97. The normalized spacial score (nSPS) is 9.68. The van der Waals surface area contributed by atoms with E-state index in [0.717, 1.165) is 22.8 Å². The molecule has 0 atom stereocenters. The van der Waals surface area contributed by atoms with E-state index in [1.807, 2.05) is 29.2 Å². The van der Waals surface area contributed by atoms with Crippen LogP contribution in [0.4, 0.5) is 0 Å². The van der Waals surface area contributed by atoms with E-state index in [4.69, 9.17) is 0 Å². The number of fused-ring (bicyclic) bond motifs is 1. The molecule has 6 heteroatoms. The van der Waals surface area contributed by atoms with Gasteiger partial charge in [0.15, 0.2) is 6.29 Å². The van der Waals surface area contributed by atoms with Gasteiger partial charge in [0.2, 0.25) is 0 Å². The van der Waals surface area contributed by atoms with Crippen molar-refractivity contribution in [3.05, 3.63) is 69.1 Å². The second-order valence-electron chi connectivity index (χ2n) is 3.70. The van der Waals surface area contributed by atoms with E-state index in [9.17, 15) is 14.4 Å². The van der Waals surface area contributed by atoms with Crippen LogP contribution in [0.5, 0.6) is 0 Å². The Bertz CT molecular complexity index is 773. The lowest BCUT2D eigenvalue weighted by molar-refractivity contribution is 0.112. The standard InChI is InChI=1S/C9H7NO.C4H4N2O2/c11-6-7-5-10-9-4-2-1-3-8(7)9;7-3-1-2-5-4(8)6-3/h1-6,10H;1-2H,(H2,5,6,7,8). The van der Waals surface area contributed by atoms with Gasteiger partial charge in [0.1, 0.15) is 0 Å². The number of para-hydroxylation sites is 1. The number of hydrogen-bond donors (Lipinski definition) is 3. The summed E-state index contributed by atoms with van der Waals surface area (Å²) in [5.41, 5.74) is 0.876. The fourth-order valence-electron chi connectivity index (χ4n) is 1.57. The number of nitrogens with one attached hydrogen (secondary N) is 3. The fraction of sp³-hybridized carbons (Fsp3) is 0. The van der Waals surface area contributed by atoms with Gasteiger partial charge in [0.25, 0.3) is 5.56 Å². The Morgan fingerprint density at radius 3 is 2.42 bits per heavy atom. The molecule has 0 fully saturated rings. The number of rotatable bonds is 1. The van der Waals surface area contributed by atoms with Crippen LogP contribution in [0.15, 0.2) is 52.3 Å². The summed E-state index contributed by atoms with van der Waals surface area (Å²) in [6.07, 6.45) is 3.87. The number of hydrogen-bond acceptors (Lipinski definition) is 3. The summed E-state index contributed by atoms with van der Waals surface area (Å²) in [6.45, 7) is 0. The highest BCUT2D eigenvalue weighted by molar-refractivity contribution is 5.96. The Hall–Kier alpha value is -2.89. The molecule has 19 heavy (non-hydrogen) atoms. The first-order valence-electron chi connectivity index (χ1n) is 5.50. The predicted octanol–water partition coefficient (Wildman–Crippen LogP) is 1.04. The van der Waals surface area contributed by atoms with Crippen LogP contribution in [-0.2, 0) is 0 Å². The molecule has 1 aromatic carbocycles. The molecule has 0 aliphatic rings. The Morgan fingerprint density at radius 1 is 1.00 bits per heavy atom. The first-order valence-corrected chi connectivity index (χ1v) is 5.50. The minimum atomic E-state index is -0.475. The fourth-order valence-corrected chi connectivity index (χ4v) is 1.57. The molecule has 96 valence electrons. The zero-order valence-electron chi connectivity index (χ0n) is 9.84. The van der Waals surface area contributed by atoms with Crippen LogP contribution in [-0.4, -0.2) is 21.2 Å². The minimum absolute atomic E-state index is 0.381. The first-order chi connectivity index (χ1) is 9.20. The summed E-state index contributed by atoms with van der Waals surface area (Å²) in [5, 5.41) is 0.988. The molecule has 3 N–H and O–H groups in total. The van der Waals surface area contributed by atoms with Crippen LogP contribution in [0.3, 0.4) is 0 Å². The SMILES string of the molecule is O=Cc1c[nH]c2ccccc12.O=c1cc[nH]c(=O)[nH]1. The number of carbonyl (C=O) groups excluding carboxylic acids is 1. The Kier molecular flexibility index (Phi) is 3.72. The number of H-pyrrole nitrogens is 3. The number of aromatic nitrogens is 3. The van der Waals surface area contributed by atoms with E-state index in [0.29, 0.717) is 0 Å². The van der Waals surface area contributed by atoms with E-state index >= 15 is 0 Å². The molecule has 0 spiro atoms. The summed E-state index contributed by atoms with van der Waals surface area (Å²) in [4.78, 5) is 38.1. The van der Waals surface area contributed by atoms with Crippen molar-refractivity contribution in [2.24, 2.45) is 0 Å². The molecule has 3 rings (SSSR count). The smallest absolute Gasteiger partial charge is 0.325 e. The molecule has 0 aliphatic carbocycles. The highest BCUT2D eigenvalue weighted by Gasteiger charge is 1.98. The molecule has 0 unspecified atom stereocenters. The van der Waals surface area contributed by atoms with Crippen molar-refractivity contribution in [2.45, 2.75) is 0 Å². The van der Waals surface area contributed by atoms with Gasteiger partial charge < -0.3 is 9.97 Å². The van der Waals surface area contributed by atoms with Gasteiger partial charge in [-0.25, -0.2) is 4.79 Å². The number of aromatic amines is 3. The third kappa shape index (κ3) is 3.06. The molecular weight excluding hydrogens is 246 g/mol. The van der Waals surface area contributed by atoms with E-state index in [-0.39, 0.29) is 5.56 Å². The zero-order valence-corrected chi connectivity index (χ0v) is 9.84. The van der Waals surface area contributed by atoms with Gasteiger partial charge in [-0.1, -0.05) is 18.2 Å². The lowest BCUT2D eigenvalue weighted by Gasteiger charge is -1.86. The van der Waals surface area contributed by atoms with E-state index in [1.54, 1.807) is 6.20 Å². The van der Waals surface area contributed by atoms with E-state index < -0.39 is 5.69 Å².